The highest BCUT2D eigenvalue weighted by atomic mass is 16.7. The summed E-state index contributed by atoms with van der Waals surface area (Å²) in [5, 5.41) is 0. The fourth-order valence-corrected chi connectivity index (χ4v) is 4.36. The number of allylic oxidation sites excluding steroid dienone is 2. The van der Waals surface area contributed by atoms with Gasteiger partial charge in [-0.1, -0.05) is 12.2 Å². The second-order valence-electron chi connectivity index (χ2n) is 6.84. The van der Waals surface area contributed by atoms with E-state index in [9.17, 15) is 0 Å². The predicted molar refractivity (Wildman–Crippen MR) is 84.6 cm³/mol. The average Bonchev–Trinajstić information content (AvgIpc) is 3.09. The molecule has 0 amide bonds. The van der Waals surface area contributed by atoms with Gasteiger partial charge >= 0.3 is 0 Å². The van der Waals surface area contributed by atoms with Crippen molar-refractivity contribution < 1.29 is 18.9 Å². The number of rotatable bonds is 7. The van der Waals surface area contributed by atoms with Gasteiger partial charge in [-0.3, -0.25) is 0 Å². The minimum atomic E-state index is -0.00442. The molecule has 4 heteroatoms. The van der Waals surface area contributed by atoms with Gasteiger partial charge < -0.3 is 18.9 Å². The quantitative estimate of drug-likeness (QED) is 0.535. The molecule has 6 atom stereocenters. The molecule has 3 rings (SSSR count). The van der Waals surface area contributed by atoms with Crippen LogP contribution in [-0.4, -0.2) is 45.4 Å². The maximum absolute atomic E-state index is 6.36. The van der Waals surface area contributed by atoms with Gasteiger partial charge in [0, 0.05) is 19.6 Å². The van der Waals surface area contributed by atoms with Gasteiger partial charge in [-0.05, 0) is 50.9 Å². The summed E-state index contributed by atoms with van der Waals surface area (Å²) in [4.78, 5) is 0. The highest BCUT2D eigenvalue weighted by molar-refractivity contribution is 5.10. The minimum Gasteiger partial charge on any atom is -0.382 e. The summed E-state index contributed by atoms with van der Waals surface area (Å²) >= 11 is 0. The van der Waals surface area contributed by atoms with E-state index in [-0.39, 0.29) is 18.5 Å². The molecule has 126 valence electrons. The molecular weight excluding hydrogens is 280 g/mol. The molecule has 0 bridgehead atoms. The van der Waals surface area contributed by atoms with Crippen LogP contribution in [0.25, 0.3) is 0 Å². The van der Waals surface area contributed by atoms with Gasteiger partial charge in [0.2, 0.25) is 0 Å². The van der Waals surface area contributed by atoms with E-state index in [1.165, 1.54) is 19.3 Å². The van der Waals surface area contributed by atoms with Crippen LogP contribution >= 0.6 is 0 Å². The van der Waals surface area contributed by atoms with Crippen molar-refractivity contribution in [2.24, 2.45) is 17.8 Å². The first-order valence-corrected chi connectivity index (χ1v) is 8.84. The summed E-state index contributed by atoms with van der Waals surface area (Å²) in [6, 6.07) is 0. The van der Waals surface area contributed by atoms with E-state index in [1.807, 2.05) is 0 Å². The third kappa shape index (κ3) is 3.73. The number of hydrogen-bond donors (Lipinski definition) is 0. The molecule has 6 unspecified atom stereocenters. The van der Waals surface area contributed by atoms with Crippen LogP contribution in [0, 0.1) is 17.8 Å². The van der Waals surface area contributed by atoms with Crippen LogP contribution in [0.15, 0.2) is 12.2 Å². The average molecular weight is 310 g/mol. The molecular formula is C18H30O4. The third-order valence-corrected chi connectivity index (χ3v) is 5.44. The summed E-state index contributed by atoms with van der Waals surface area (Å²) in [5.41, 5.74) is 0. The van der Waals surface area contributed by atoms with E-state index in [0.717, 1.165) is 19.4 Å². The molecule has 2 fully saturated rings. The lowest BCUT2D eigenvalue weighted by molar-refractivity contribution is -0.204. The van der Waals surface area contributed by atoms with Gasteiger partial charge in [-0.25, -0.2) is 0 Å². The number of methoxy groups -OCH3 is 1. The van der Waals surface area contributed by atoms with Crippen molar-refractivity contribution in [1.29, 1.82) is 0 Å². The first-order valence-electron chi connectivity index (χ1n) is 8.84. The molecule has 1 saturated heterocycles. The Hall–Kier alpha value is -0.420. The van der Waals surface area contributed by atoms with Gasteiger partial charge in [-0.2, -0.15) is 0 Å². The van der Waals surface area contributed by atoms with Crippen LogP contribution in [0.5, 0.6) is 0 Å². The summed E-state index contributed by atoms with van der Waals surface area (Å²) < 4.78 is 23.3. The minimum absolute atomic E-state index is 0.00442. The van der Waals surface area contributed by atoms with E-state index in [0.29, 0.717) is 31.0 Å². The first kappa shape index (κ1) is 16.4. The maximum Gasteiger partial charge on any atom is 0.157 e. The molecule has 0 spiro atoms. The van der Waals surface area contributed by atoms with Gasteiger partial charge in [-0.15, -0.1) is 0 Å². The molecule has 1 aliphatic heterocycles. The van der Waals surface area contributed by atoms with E-state index in [4.69, 9.17) is 18.9 Å². The van der Waals surface area contributed by atoms with Crippen molar-refractivity contribution in [2.45, 2.75) is 57.5 Å². The number of hydrogen-bond acceptors (Lipinski definition) is 4. The highest BCUT2D eigenvalue weighted by Crippen LogP contribution is 2.48. The lowest BCUT2D eigenvalue weighted by Crippen LogP contribution is -2.37. The van der Waals surface area contributed by atoms with Crippen molar-refractivity contribution >= 4 is 0 Å². The standard InChI is InChI=1S/C18H30O4/c1-13(20-11-10-19-2)18-15-7-5-6-14(15)12-16(18)22-17-8-3-4-9-21-17/h5-6,13-18H,3-4,7-12H2,1-2H3. The zero-order valence-electron chi connectivity index (χ0n) is 13.9. The van der Waals surface area contributed by atoms with Crippen LogP contribution in [0.3, 0.4) is 0 Å². The summed E-state index contributed by atoms with van der Waals surface area (Å²) in [5.74, 6) is 1.79. The molecule has 1 heterocycles. The zero-order valence-corrected chi connectivity index (χ0v) is 13.9. The molecule has 0 aromatic rings. The monoisotopic (exact) mass is 310 g/mol. The predicted octanol–water partition coefficient (Wildman–Crippen LogP) is 3.16. The highest BCUT2D eigenvalue weighted by Gasteiger charge is 2.47. The normalized spacial score (nSPS) is 39.1. The Morgan fingerprint density at radius 2 is 2.18 bits per heavy atom. The molecule has 0 N–H and O–H groups in total. The first-order chi connectivity index (χ1) is 10.8. The zero-order chi connectivity index (χ0) is 15.4. The second-order valence-corrected chi connectivity index (χ2v) is 6.84. The fraction of sp³-hybridized carbons (Fsp3) is 0.889. The summed E-state index contributed by atoms with van der Waals surface area (Å²) in [6.07, 6.45) is 10.9. The van der Waals surface area contributed by atoms with Gasteiger partial charge in [0.05, 0.1) is 25.4 Å². The van der Waals surface area contributed by atoms with E-state index < -0.39 is 0 Å². The van der Waals surface area contributed by atoms with E-state index >= 15 is 0 Å². The molecule has 0 aromatic heterocycles. The maximum atomic E-state index is 6.36. The van der Waals surface area contributed by atoms with Crippen LogP contribution in [0.4, 0.5) is 0 Å². The lowest BCUT2D eigenvalue weighted by Gasteiger charge is -2.33. The SMILES string of the molecule is COCCOC(C)C1C(OC2CCCCO2)CC2C=CCC21. The molecule has 3 aliphatic rings. The number of ether oxygens (including phenoxy) is 4. The Bertz CT molecular complexity index is 364. The summed E-state index contributed by atoms with van der Waals surface area (Å²) in [7, 11) is 1.72. The van der Waals surface area contributed by atoms with E-state index in [1.54, 1.807) is 7.11 Å². The molecule has 0 radical (unpaired) electrons. The van der Waals surface area contributed by atoms with Gasteiger partial charge in [0.15, 0.2) is 6.29 Å². The van der Waals surface area contributed by atoms with Gasteiger partial charge in [0.25, 0.3) is 0 Å². The molecule has 1 saturated carbocycles. The largest absolute Gasteiger partial charge is 0.382 e. The topological polar surface area (TPSA) is 36.9 Å². The van der Waals surface area contributed by atoms with Crippen LogP contribution in [-0.2, 0) is 18.9 Å². The van der Waals surface area contributed by atoms with E-state index in [2.05, 4.69) is 19.1 Å². The van der Waals surface area contributed by atoms with Crippen molar-refractivity contribution in [1.82, 2.24) is 0 Å². The van der Waals surface area contributed by atoms with Crippen molar-refractivity contribution in [2.75, 3.05) is 26.9 Å². The van der Waals surface area contributed by atoms with Gasteiger partial charge in [0.1, 0.15) is 0 Å². The molecule has 0 aromatic carbocycles. The number of fused-ring (bicyclic) bond motifs is 1. The smallest absolute Gasteiger partial charge is 0.157 e. The molecule has 22 heavy (non-hydrogen) atoms. The second kappa shape index (κ2) is 7.91. The molecule has 2 aliphatic carbocycles. The lowest BCUT2D eigenvalue weighted by atomic mass is 9.87. The Morgan fingerprint density at radius 3 is 2.95 bits per heavy atom. The fourth-order valence-electron chi connectivity index (χ4n) is 4.36. The third-order valence-electron chi connectivity index (χ3n) is 5.44. The van der Waals surface area contributed by atoms with Crippen LogP contribution in [0.1, 0.15) is 39.0 Å². The van der Waals surface area contributed by atoms with Crippen LogP contribution in [0.2, 0.25) is 0 Å². The van der Waals surface area contributed by atoms with Crippen LogP contribution < -0.4 is 0 Å². The Labute approximate surface area is 134 Å². The van der Waals surface area contributed by atoms with Crippen molar-refractivity contribution in [3.63, 3.8) is 0 Å². The Kier molecular flexibility index (Phi) is 5.91. The Balaban J connectivity index is 1.60. The van der Waals surface area contributed by atoms with Crippen molar-refractivity contribution in [3.05, 3.63) is 12.2 Å². The van der Waals surface area contributed by atoms with Crippen molar-refractivity contribution in [3.8, 4) is 0 Å². The Morgan fingerprint density at radius 1 is 1.27 bits per heavy atom. The molecule has 4 nitrogen and oxygen atoms in total. The summed E-state index contributed by atoms with van der Waals surface area (Å²) in [6.45, 7) is 4.35.